The zero-order chi connectivity index (χ0) is 26.0. The lowest BCUT2D eigenvalue weighted by Crippen LogP contribution is -2.21. The van der Waals surface area contributed by atoms with Crippen LogP contribution < -0.4 is 5.19 Å². The molecule has 0 aliphatic carbocycles. The van der Waals surface area contributed by atoms with E-state index in [1.165, 1.54) is 36.4 Å². The molecule has 4 rings (SSSR count). The van der Waals surface area contributed by atoms with Gasteiger partial charge in [-0.1, -0.05) is 30.3 Å². The Kier molecular flexibility index (Phi) is 7.22. The number of para-hydroxylation sites is 1. The maximum absolute atomic E-state index is 14.8. The summed E-state index contributed by atoms with van der Waals surface area (Å²) in [5.41, 5.74) is -1.12. The maximum atomic E-state index is 14.8. The molecule has 0 aliphatic heterocycles. The predicted molar refractivity (Wildman–Crippen MR) is 120 cm³/mol. The topological polar surface area (TPSA) is 52.4 Å². The van der Waals surface area contributed by atoms with E-state index in [4.69, 9.17) is 4.43 Å². The van der Waals surface area contributed by atoms with Gasteiger partial charge in [0.05, 0.1) is 17.1 Å². The second kappa shape index (κ2) is 10.3. The molecule has 182 valence electrons. The van der Waals surface area contributed by atoms with Crippen LogP contribution in [0.1, 0.15) is 5.56 Å². The molecule has 2 radical (unpaired) electrons. The van der Waals surface area contributed by atoms with Gasteiger partial charge in [-0.15, -0.1) is 0 Å². The number of hydrogen-bond donors (Lipinski definition) is 0. The normalized spacial score (nSPS) is 11.1. The molecule has 0 atom stereocenters. The van der Waals surface area contributed by atoms with Gasteiger partial charge in [0.15, 0.2) is 23.3 Å². The molecule has 4 nitrogen and oxygen atoms in total. The van der Waals surface area contributed by atoms with Crippen molar-refractivity contribution in [1.29, 1.82) is 0 Å². The smallest absolute Gasteiger partial charge is 0.274 e. The molecule has 0 N–H and O–H groups in total. The first-order chi connectivity index (χ1) is 17.2. The SMILES string of the molecule is O=[N+]([O-])c1ccccc1CO[Si]c1cccc(-c2cc(F)c(F)cc2F)c1-c1cc(F)c(F)cc1F. The maximum Gasteiger partial charge on any atom is 0.274 e. The van der Waals surface area contributed by atoms with E-state index < -0.39 is 60.7 Å². The van der Waals surface area contributed by atoms with Crippen LogP contribution in [0.3, 0.4) is 0 Å². The van der Waals surface area contributed by atoms with Gasteiger partial charge in [0.2, 0.25) is 0 Å². The first kappa shape index (κ1) is 25.1. The van der Waals surface area contributed by atoms with Crippen molar-refractivity contribution in [3.05, 3.63) is 117 Å². The van der Waals surface area contributed by atoms with Gasteiger partial charge in [-0.25, -0.2) is 26.3 Å². The molecule has 0 spiro atoms. The van der Waals surface area contributed by atoms with E-state index in [9.17, 15) is 36.5 Å². The van der Waals surface area contributed by atoms with E-state index in [1.54, 1.807) is 6.07 Å². The van der Waals surface area contributed by atoms with Gasteiger partial charge in [0.25, 0.3) is 15.5 Å². The molecule has 0 heterocycles. The second-order valence-electron chi connectivity index (χ2n) is 7.50. The molecule has 11 heteroatoms. The zero-order valence-electron chi connectivity index (χ0n) is 18.0. The highest BCUT2D eigenvalue weighted by molar-refractivity contribution is 6.50. The molecule has 0 saturated heterocycles. The Balaban J connectivity index is 1.82. The van der Waals surface area contributed by atoms with Crippen LogP contribution in [0.15, 0.2) is 66.7 Å². The highest BCUT2D eigenvalue weighted by Crippen LogP contribution is 2.35. The fourth-order valence-corrected chi connectivity index (χ4v) is 4.52. The Morgan fingerprint density at radius 1 is 0.694 bits per heavy atom. The number of hydrogen-bond acceptors (Lipinski definition) is 3. The molecule has 4 aromatic rings. The van der Waals surface area contributed by atoms with Crippen molar-refractivity contribution in [2.75, 3.05) is 0 Å². The van der Waals surface area contributed by atoms with Crippen molar-refractivity contribution in [1.82, 2.24) is 0 Å². The first-order valence-corrected chi connectivity index (χ1v) is 11.1. The number of nitro groups is 1. The monoisotopic (exact) mass is 517 g/mol. The van der Waals surface area contributed by atoms with Crippen LogP contribution in [0.5, 0.6) is 0 Å². The van der Waals surface area contributed by atoms with Crippen molar-refractivity contribution < 1.29 is 35.7 Å². The van der Waals surface area contributed by atoms with Crippen molar-refractivity contribution in [3.8, 4) is 22.3 Å². The Hall–Kier alpha value is -3.96. The van der Waals surface area contributed by atoms with Gasteiger partial charge in [-0.05, 0) is 34.5 Å². The van der Waals surface area contributed by atoms with Crippen LogP contribution in [0.25, 0.3) is 22.3 Å². The molecular weight excluding hydrogens is 504 g/mol. The van der Waals surface area contributed by atoms with Crippen LogP contribution in [0.2, 0.25) is 0 Å². The molecule has 0 amide bonds. The highest BCUT2D eigenvalue weighted by atomic mass is 28.2. The second-order valence-corrected chi connectivity index (χ2v) is 8.53. The summed E-state index contributed by atoms with van der Waals surface area (Å²) in [7, 11) is -0.628. The molecule has 0 saturated carbocycles. The average molecular weight is 517 g/mol. The third-order valence-corrected chi connectivity index (χ3v) is 6.17. The minimum absolute atomic E-state index is 0.129. The van der Waals surface area contributed by atoms with E-state index in [-0.39, 0.29) is 34.2 Å². The van der Waals surface area contributed by atoms with Crippen LogP contribution >= 0.6 is 0 Å². The molecule has 0 unspecified atom stereocenters. The van der Waals surface area contributed by atoms with Gasteiger partial charge in [0.1, 0.15) is 11.6 Å². The number of nitrogens with zero attached hydrogens (tertiary/aromatic N) is 1. The lowest BCUT2D eigenvalue weighted by atomic mass is 9.93. The summed E-state index contributed by atoms with van der Waals surface area (Å²) in [6.07, 6.45) is 0. The molecular formula is C25H13F6NO3Si. The van der Waals surface area contributed by atoms with Crippen molar-refractivity contribution in [2.45, 2.75) is 6.61 Å². The number of benzene rings is 4. The Labute approximate surface area is 202 Å². The summed E-state index contributed by atoms with van der Waals surface area (Å²) < 4.78 is 90.3. The van der Waals surface area contributed by atoms with E-state index in [1.807, 2.05) is 0 Å². The van der Waals surface area contributed by atoms with E-state index >= 15 is 0 Å². The Bertz CT molecular complexity index is 1480. The van der Waals surface area contributed by atoms with Gasteiger partial charge in [-0.3, -0.25) is 10.1 Å². The van der Waals surface area contributed by atoms with Crippen LogP contribution in [0.4, 0.5) is 32.0 Å². The number of halogens is 6. The Morgan fingerprint density at radius 3 is 1.94 bits per heavy atom. The van der Waals surface area contributed by atoms with Crippen molar-refractivity contribution in [3.63, 3.8) is 0 Å². The fraction of sp³-hybridized carbons (Fsp3) is 0.0400. The molecule has 0 aliphatic rings. The lowest BCUT2D eigenvalue weighted by molar-refractivity contribution is -0.385. The molecule has 0 aromatic heterocycles. The fourth-order valence-electron chi connectivity index (χ4n) is 3.60. The molecule has 36 heavy (non-hydrogen) atoms. The van der Waals surface area contributed by atoms with Crippen LogP contribution in [0, 0.1) is 45.0 Å². The number of nitro benzene ring substituents is 1. The van der Waals surface area contributed by atoms with E-state index in [2.05, 4.69) is 0 Å². The van der Waals surface area contributed by atoms with E-state index in [0.29, 0.717) is 24.3 Å². The summed E-state index contributed by atoms with van der Waals surface area (Å²) in [6, 6.07) is 11.7. The summed E-state index contributed by atoms with van der Waals surface area (Å²) >= 11 is 0. The summed E-state index contributed by atoms with van der Waals surface area (Å²) in [5.74, 6) is -8.01. The van der Waals surface area contributed by atoms with Crippen LogP contribution in [-0.2, 0) is 11.0 Å². The third kappa shape index (κ3) is 5.02. The van der Waals surface area contributed by atoms with Crippen molar-refractivity contribution >= 4 is 20.6 Å². The number of rotatable bonds is 7. The summed E-state index contributed by atoms with van der Waals surface area (Å²) in [6.45, 7) is -0.223. The van der Waals surface area contributed by atoms with Crippen molar-refractivity contribution in [2.24, 2.45) is 0 Å². The van der Waals surface area contributed by atoms with Crippen LogP contribution in [-0.4, -0.2) is 14.7 Å². The quantitative estimate of drug-likeness (QED) is 0.0961. The summed E-state index contributed by atoms with van der Waals surface area (Å²) in [4.78, 5) is 10.6. The first-order valence-electron chi connectivity index (χ1n) is 10.2. The zero-order valence-corrected chi connectivity index (χ0v) is 19.0. The lowest BCUT2D eigenvalue weighted by Gasteiger charge is -2.17. The highest BCUT2D eigenvalue weighted by Gasteiger charge is 2.22. The van der Waals surface area contributed by atoms with E-state index in [0.717, 1.165) is 0 Å². The third-order valence-electron chi connectivity index (χ3n) is 5.24. The largest absolute Gasteiger partial charge is 0.407 e. The minimum Gasteiger partial charge on any atom is -0.407 e. The average Bonchev–Trinajstić information content (AvgIpc) is 2.84. The van der Waals surface area contributed by atoms with Gasteiger partial charge >= 0.3 is 0 Å². The molecule has 0 fully saturated rings. The van der Waals surface area contributed by atoms with Gasteiger partial charge in [-0.2, -0.15) is 0 Å². The Morgan fingerprint density at radius 2 is 1.28 bits per heavy atom. The standard InChI is InChI=1S/C25H13F6NO3Si/c26-17-10-21(30)19(28)8-15(17)14-5-3-7-24(25(14)16-9-20(29)22(31)11-18(16)27)36-35-12-13-4-1-2-6-23(13)32(33)34/h1-11H,12H2. The molecule has 4 aromatic carbocycles. The minimum atomic E-state index is -1.45. The predicted octanol–water partition coefficient (Wildman–Crippen LogP) is 6.22. The summed E-state index contributed by atoms with van der Waals surface area (Å²) in [5, 5.41) is 11.4. The van der Waals surface area contributed by atoms with Gasteiger partial charge in [0, 0.05) is 29.3 Å². The van der Waals surface area contributed by atoms with Gasteiger partial charge < -0.3 is 4.43 Å². The molecule has 0 bridgehead atoms.